The third-order valence-electron chi connectivity index (χ3n) is 15.6. The van der Waals surface area contributed by atoms with E-state index in [1.807, 2.05) is 33.8 Å². The quantitative estimate of drug-likeness (QED) is 0.0586. The van der Waals surface area contributed by atoms with E-state index in [0.29, 0.717) is 30.4 Å². The predicted molar refractivity (Wildman–Crippen MR) is 322 cm³/mol. The maximum Gasteiger partial charge on any atom is 0.246 e. The Kier molecular flexibility index (Phi) is 26.6. The molecule has 24 heteroatoms. The Balaban J connectivity index is 1.60. The number of fused-ring (bicyclic) bond motifs is 2. The zero-order valence-electron chi connectivity index (χ0n) is 50.8. The van der Waals surface area contributed by atoms with E-state index in [1.54, 1.807) is 82.3 Å². The van der Waals surface area contributed by atoms with E-state index in [2.05, 4.69) is 47.5 Å². The number of aliphatic imine (C=N–C) groups is 1. The lowest BCUT2D eigenvalue weighted by atomic mass is 9.99. The highest BCUT2D eigenvalue weighted by molar-refractivity contribution is 6.00. The zero-order chi connectivity index (χ0) is 62.5. The summed E-state index contributed by atoms with van der Waals surface area (Å²) in [5.41, 5.74) is 18.6. The topological polar surface area (TPSA) is 364 Å². The molecule has 5 rings (SSSR count). The maximum atomic E-state index is 15.0. The zero-order valence-corrected chi connectivity index (χ0v) is 50.8. The van der Waals surface area contributed by atoms with E-state index in [1.165, 1.54) is 9.80 Å². The van der Waals surface area contributed by atoms with E-state index < -0.39 is 131 Å². The summed E-state index contributed by atoms with van der Waals surface area (Å²) >= 11 is 0. The molecule has 3 saturated heterocycles. The first kappa shape index (κ1) is 68.2. The van der Waals surface area contributed by atoms with Crippen LogP contribution in [0, 0.1) is 23.7 Å². The van der Waals surface area contributed by atoms with Gasteiger partial charge in [-0.15, -0.1) is 0 Å². The van der Waals surface area contributed by atoms with Crippen molar-refractivity contribution in [3.05, 3.63) is 71.8 Å². The number of carbonyl (C=O) groups excluding carboxylic acids is 10. The Morgan fingerprint density at radius 3 is 1.18 bits per heavy atom. The molecular formula is C61H94N14O10. The van der Waals surface area contributed by atoms with Crippen molar-refractivity contribution in [3.8, 4) is 0 Å². The van der Waals surface area contributed by atoms with Gasteiger partial charge in [0.25, 0.3) is 0 Å². The van der Waals surface area contributed by atoms with Crippen LogP contribution in [0.3, 0.4) is 0 Å². The largest absolute Gasteiger partial charge is 0.370 e. The van der Waals surface area contributed by atoms with E-state index in [4.69, 9.17) is 17.2 Å². The molecule has 0 aromatic heterocycles. The number of amides is 10. The summed E-state index contributed by atoms with van der Waals surface area (Å²) < 4.78 is 0. The van der Waals surface area contributed by atoms with Crippen LogP contribution in [0.2, 0.25) is 0 Å². The van der Waals surface area contributed by atoms with Crippen molar-refractivity contribution in [2.24, 2.45) is 45.9 Å². The van der Waals surface area contributed by atoms with Crippen LogP contribution in [0.5, 0.6) is 0 Å². The molecule has 0 unspecified atom stereocenters. The molecule has 85 heavy (non-hydrogen) atoms. The van der Waals surface area contributed by atoms with E-state index in [0.717, 1.165) is 0 Å². The number of hydrogen-bond acceptors (Lipinski definition) is 12. The second-order valence-electron chi connectivity index (χ2n) is 24.2. The third-order valence-corrected chi connectivity index (χ3v) is 15.6. The van der Waals surface area contributed by atoms with Gasteiger partial charge in [0.05, 0.1) is 0 Å². The molecule has 24 nitrogen and oxygen atoms in total. The van der Waals surface area contributed by atoms with Crippen molar-refractivity contribution in [1.29, 1.82) is 0 Å². The van der Waals surface area contributed by atoms with Crippen LogP contribution in [0.1, 0.15) is 131 Å². The molecule has 0 aliphatic carbocycles. The summed E-state index contributed by atoms with van der Waals surface area (Å²) in [6.45, 7) is 14.8. The van der Waals surface area contributed by atoms with Crippen LogP contribution < -0.4 is 59.7 Å². The fourth-order valence-corrected chi connectivity index (χ4v) is 11.1. The highest BCUT2D eigenvalue weighted by Gasteiger charge is 2.43. The van der Waals surface area contributed by atoms with Gasteiger partial charge in [-0.2, -0.15) is 0 Å². The molecule has 10 atom stereocenters. The first-order chi connectivity index (χ1) is 40.4. The highest BCUT2D eigenvalue weighted by atomic mass is 16.2. The lowest BCUT2D eigenvalue weighted by Crippen LogP contribution is -2.62. The normalized spacial score (nSPS) is 25.9. The Morgan fingerprint density at radius 1 is 0.471 bits per heavy atom. The Bertz CT molecular complexity index is 2630. The molecule has 0 radical (unpaired) electrons. The van der Waals surface area contributed by atoms with Gasteiger partial charge in [-0.25, -0.2) is 0 Å². The number of guanidine groups is 1. The number of carbonyl (C=O) groups is 10. The first-order valence-corrected chi connectivity index (χ1v) is 30.3. The molecule has 2 aromatic carbocycles. The third kappa shape index (κ3) is 20.5. The van der Waals surface area contributed by atoms with Gasteiger partial charge >= 0.3 is 0 Å². The molecule has 3 fully saturated rings. The monoisotopic (exact) mass is 1180 g/mol. The van der Waals surface area contributed by atoms with Crippen LogP contribution in [-0.2, 0) is 60.8 Å². The number of hydrogen-bond donors (Lipinski definition) is 11. The average molecular weight is 1180 g/mol. The van der Waals surface area contributed by atoms with E-state index in [-0.39, 0.29) is 102 Å². The van der Waals surface area contributed by atoms with Crippen molar-refractivity contribution in [2.45, 2.75) is 193 Å². The summed E-state index contributed by atoms with van der Waals surface area (Å²) in [4.78, 5) is 153. The van der Waals surface area contributed by atoms with Crippen LogP contribution in [-0.4, -0.2) is 161 Å². The van der Waals surface area contributed by atoms with Crippen LogP contribution >= 0.6 is 0 Å². The molecular weight excluding hydrogens is 1090 g/mol. The average Bonchev–Trinajstić information content (AvgIpc) is 3.37. The molecule has 0 spiro atoms. The maximum absolute atomic E-state index is 15.0. The fraction of sp³-hybridized carbons (Fsp3) is 0.623. The fourth-order valence-electron chi connectivity index (χ4n) is 11.1. The molecule has 3 heterocycles. The minimum absolute atomic E-state index is 0.00795. The molecule has 3 aliphatic heterocycles. The summed E-state index contributed by atoms with van der Waals surface area (Å²) in [6.07, 6.45) is 2.12. The molecule has 10 amide bonds. The van der Waals surface area contributed by atoms with Gasteiger partial charge in [0, 0.05) is 32.5 Å². The van der Waals surface area contributed by atoms with Gasteiger partial charge in [-0.1, -0.05) is 116 Å². The molecule has 0 saturated carbocycles. The minimum atomic E-state index is -1.29. The number of nitrogens with one attached hydrogen (secondary N) is 8. The van der Waals surface area contributed by atoms with Crippen LogP contribution in [0.4, 0.5) is 0 Å². The van der Waals surface area contributed by atoms with Crippen LogP contribution in [0.15, 0.2) is 65.7 Å². The molecule has 3 aliphatic rings. The first-order valence-electron chi connectivity index (χ1n) is 30.3. The smallest absolute Gasteiger partial charge is 0.246 e. The minimum Gasteiger partial charge on any atom is -0.370 e. The summed E-state index contributed by atoms with van der Waals surface area (Å²) in [7, 11) is 0. The second kappa shape index (κ2) is 33.2. The lowest BCUT2D eigenvalue weighted by Gasteiger charge is -2.33. The van der Waals surface area contributed by atoms with Crippen LogP contribution in [0.25, 0.3) is 0 Å². The highest BCUT2D eigenvalue weighted by Crippen LogP contribution is 2.24. The Labute approximate surface area is 500 Å². The molecule has 0 bridgehead atoms. The second-order valence-corrected chi connectivity index (χ2v) is 24.2. The summed E-state index contributed by atoms with van der Waals surface area (Å²) in [5.74, 6) is -8.22. The number of benzene rings is 2. The van der Waals surface area contributed by atoms with E-state index >= 15 is 0 Å². The summed E-state index contributed by atoms with van der Waals surface area (Å²) in [5, 5.41) is 22.8. The van der Waals surface area contributed by atoms with Crippen molar-refractivity contribution in [1.82, 2.24) is 52.3 Å². The van der Waals surface area contributed by atoms with Gasteiger partial charge in [0.1, 0.15) is 60.4 Å². The van der Waals surface area contributed by atoms with Crippen molar-refractivity contribution in [2.75, 3.05) is 26.2 Å². The molecule has 2 aromatic rings. The van der Waals surface area contributed by atoms with Gasteiger partial charge < -0.3 is 69.5 Å². The molecule has 14 N–H and O–H groups in total. The van der Waals surface area contributed by atoms with Gasteiger partial charge in [-0.05, 0) is 106 Å². The van der Waals surface area contributed by atoms with Gasteiger partial charge in [0.15, 0.2) is 5.96 Å². The van der Waals surface area contributed by atoms with Crippen molar-refractivity contribution >= 4 is 65.0 Å². The molecule has 468 valence electrons. The Hall–Kier alpha value is -7.63. The van der Waals surface area contributed by atoms with E-state index in [9.17, 15) is 47.9 Å². The SMILES string of the molecule is CC(C)C[C@@H]1NC(=O)[C@H](CCCN)NC(=O)[C@H](C(C)C)NC(=O)[C@@H]2CCCN2C(=O)[C@@H](Cc2ccccc2)NC(=O)[C@H](CC(C)C)NC(=O)[C@H](CCCN=C(N)N)NC(=O)[C@H](C(C)C)NC(=O)[C@@H]2CCCN2C(=O)[C@@H](Cc2ccccc2)NC1=O. The standard InChI is InChI=1S/C61H94N14O10/c1-35(2)31-43-53(78)70-45(33-39-19-11-9-12-20-39)59(84)75-30-18-26-48(75)56(81)73-50(38(7)8)58(83)67-42(24-16-28-65-61(63)64)52(77)69-44(32-36(3)4)54(79)71-46(34-40-21-13-10-14-22-40)60(85)74-29-17-25-47(74)55(80)72-49(37(5)6)57(82)66-41(23-15-27-62)51(76)68-43/h9-14,19-22,35-38,41-50H,15-18,23-34,62H2,1-8H3,(H,66,82)(H,67,83)(H,68,76)(H,69,77)(H,70,78)(H,71,79)(H,72,80)(H,73,81)(H4,63,64,65)/t41-,42-,43-,44-,45+,46+,47-,48-,49-,50-/m0/s1. The number of nitrogens with zero attached hydrogens (tertiary/aromatic N) is 3. The lowest BCUT2D eigenvalue weighted by molar-refractivity contribution is -0.143. The van der Waals surface area contributed by atoms with Crippen molar-refractivity contribution < 1.29 is 47.9 Å². The van der Waals surface area contributed by atoms with Gasteiger partial charge in [-0.3, -0.25) is 52.9 Å². The predicted octanol–water partition coefficient (Wildman–Crippen LogP) is 0.542. The van der Waals surface area contributed by atoms with Gasteiger partial charge in [0.2, 0.25) is 59.1 Å². The Morgan fingerprint density at radius 2 is 0.824 bits per heavy atom. The number of nitrogens with two attached hydrogens (primary N) is 3. The summed E-state index contributed by atoms with van der Waals surface area (Å²) in [6, 6.07) is 5.95. The number of rotatable bonds is 17. The van der Waals surface area contributed by atoms with Crippen molar-refractivity contribution in [3.63, 3.8) is 0 Å².